The Morgan fingerprint density at radius 3 is 3.00 bits per heavy atom. The van der Waals surface area contributed by atoms with Crippen molar-refractivity contribution < 1.29 is 14.1 Å². The van der Waals surface area contributed by atoms with E-state index < -0.39 is 0 Å². The predicted octanol–water partition coefficient (Wildman–Crippen LogP) is 3.51. The molecule has 1 saturated heterocycles. The van der Waals surface area contributed by atoms with Crippen molar-refractivity contribution in [3.05, 3.63) is 53.2 Å². The first-order valence-corrected chi connectivity index (χ1v) is 11.1. The van der Waals surface area contributed by atoms with E-state index in [0.717, 1.165) is 30.0 Å². The number of aryl methyl sites for hydroxylation is 1. The summed E-state index contributed by atoms with van der Waals surface area (Å²) in [5.41, 5.74) is 1.20. The Labute approximate surface area is 180 Å². The lowest BCUT2D eigenvalue weighted by Gasteiger charge is -2.30. The summed E-state index contributed by atoms with van der Waals surface area (Å²) < 4.78 is 11.1. The first-order valence-electron chi connectivity index (χ1n) is 10.2. The predicted molar refractivity (Wildman–Crippen MR) is 115 cm³/mol. The highest BCUT2D eigenvalue weighted by Crippen LogP contribution is 2.23. The van der Waals surface area contributed by atoms with Crippen LogP contribution < -0.4 is 10.1 Å². The molecule has 1 aliphatic rings. The van der Waals surface area contributed by atoms with E-state index in [1.54, 1.807) is 11.3 Å². The van der Waals surface area contributed by atoms with Crippen LogP contribution in [0.15, 0.2) is 46.3 Å². The molecule has 7 nitrogen and oxygen atoms in total. The van der Waals surface area contributed by atoms with Crippen molar-refractivity contribution in [1.82, 2.24) is 20.4 Å². The maximum absolute atomic E-state index is 12.6. The Kier molecular flexibility index (Phi) is 6.76. The molecule has 3 aromatic rings. The SMILES string of the molecule is Cc1ccc(OCCNC(=O)C2CCCN(Cc3nc(-c4cccs4)no3)C2)cc1. The Morgan fingerprint density at radius 2 is 2.20 bits per heavy atom. The molecule has 1 fully saturated rings. The number of hydrogen-bond acceptors (Lipinski definition) is 7. The Morgan fingerprint density at radius 1 is 1.33 bits per heavy atom. The van der Waals surface area contributed by atoms with Crippen molar-refractivity contribution in [2.75, 3.05) is 26.2 Å². The molecule has 0 radical (unpaired) electrons. The molecule has 0 bridgehead atoms. The lowest BCUT2D eigenvalue weighted by atomic mass is 9.97. The van der Waals surface area contributed by atoms with Gasteiger partial charge in [0.2, 0.25) is 17.6 Å². The largest absolute Gasteiger partial charge is 0.492 e. The molecule has 1 aromatic carbocycles. The molecular formula is C22H26N4O3S. The number of nitrogens with one attached hydrogen (secondary N) is 1. The van der Waals surface area contributed by atoms with Gasteiger partial charge in [-0.3, -0.25) is 9.69 Å². The summed E-state index contributed by atoms with van der Waals surface area (Å²) in [5.74, 6) is 2.08. The van der Waals surface area contributed by atoms with Gasteiger partial charge in [-0.25, -0.2) is 0 Å². The van der Waals surface area contributed by atoms with E-state index in [-0.39, 0.29) is 11.8 Å². The van der Waals surface area contributed by atoms with Gasteiger partial charge in [0.25, 0.3) is 0 Å². The minimum atomic E-state index is -0.0298. The molecule has 1 unspecified atom stereocenters. The van der Waals surface area contributed by atoms with Crippen molar-refractivity contribution in [2.24, 2.45) is 5.92 Å². The molecule has 1 atom stereocenters. The summed E-state index contributed by atoms with van der Waals surface area (Å²) in [6.07, 6.45) is 1.87. The summed E-state index contributed by atoms with van der Waals surface area (Å²) >= 11 is 1.59. The number of carbonyl (C=O) groups excluding carboxylic acids is 1. The summed E-state index contributed by atoms with van der Waals surface area (Å²) in [7, 11) is 0. The zero-order valence-electron chi connectivity index (χ0n) is 17.0. The first-order chi connectivity index (χ1) is 14.7. The molecule has 158 valence electrons. The van der Waals surface area contributed by atoms with Gasteiger partial charge in [0.05, 0.1) is 23.9 Å². The van der Waals surface area contributed by atoms with Crippen LogP contribution in [0.2, 0.25) is 0 Å². The fraction of sp³-hybridized carbons (Fsp3) is 0.409. The van der Waals surface area contributed by atoms with Gasteiger partial charge in [-0.05, 0) is 49.9 Å². The van der Waals surface area contributed by atoms with E-state index in [4.69, 9.17) is 9.26 Å². The normalized spacial score (nSPS) is 17.0. The first kappa shape index (κ1) is 20.6. The van der Waals surface area contributed by atoms with E-state index in [2.05, 4.69) is 20.4 Å². The van der Waals surface area contributed by atoms with Crippen LogP contribution in [0.5, 0.6) is 5.75 Å². The number of rotatable bonds is 8. The van der Waals surface area contributed by atoms with Crippen LogP contribution in [0, 0.1) is 12.8 Å². The maximum atomic E-state index is 12.6. The average molecular weight is 427 g/mol. The van der Waals surface area contributed by atoms with E-state index in [1.807, 2.05) is 48.7 Å². The molecule has 1 N–H and O–H groups in total. The van der Waals surface area contributed by atoms with Crippen LogP contribution in [-0.2, 0) is 11.3 Å². The van der Waals surface area contributed by atoms with Gasteiger partial charge in [0.15, 0.2) is 0 Å². The van der Waals surface area contributed by atoms with Gasteiger partial charge in [-0.2, -0.15) is 4.98 Å². The van der Waals surface area contributed by atoms with Crippen molar-refractivity contribution >= 4 is 17.2 Å². The summed E-state index contributed by atoms with van der Waals surface area (Å²) in [6.45, 7) is 5.19. The molecule has 1 aliphatic heterocycles. The van der Waals surface area contributed by atoms with Crippen LogP contribution in [0.1, 0.15) is 24.3 Å². The molecule has 2 aromatic heterocycles. The van der Waals surface area contributed by atoms with Crippen molar-refractivity contribution in [3.63, 3.8) is 0 Å². The third-order valence-electron chi connectivity index (χ3n) is 5.14. The van der Waals surface area contributed by atoms with Gasteiger partial charge in [0, 0.05) is 6.54 Å². The molecule has 30 heavy (non-hydrogen) atoms. The van der Waals surface area contributed by atoms with Crippen molar-refractivity contribution in [3.8, 4) is 16.5 Å². The molecular weight excluding hydrogens is 400 g/mol. The number of hydrogen-bond donors (Lipinski definition) is 1. The number of aromatic nitrogens is 2. The van der Waals surface area contributed by atoms with Crippen molar-refractivity contribution in [2.45, 2.75) is 26.3 Å². The number of benzene rings is 1. The van der Waals surface area contributed by atoms with Crippen LogP contribution in [0.4, 0.5) is 0 Å². The van der Waals surface area contributed by atoms with Gasteiger partial charge < -0.3 is 14.6 Å². The zero-order valence-corrected chi connectivity index (χ0v) is 17.9. The van der Waals surface area contributed by atoms with E-state index in [9.17, 15) is 4.79 Å². The maximum Gasteiger partial charge on any atom is 0.241 e. The average Bonchev–Trinajstić information content (AvgIpc) is 3.44. The second kappa shape index (κ2) is 9.86. The van der Waals surface area contributed by atoms with Crippen LogP contribution in [0.3, 0.4) is 0 Å². The summed E-state index contributed by atoms with van der Waals surface area (Å²) in [5, 5.41) is 9.05. The molecule has 1 amide bonds. The monoisotopic (exact) mass is 426 g/mol. The Balaban J connectivity index is 1.21. The number of nitrogens with zero attached hydrogens (tertiary/aromatic N) is 3. The molecule has 0 aliphatic carbocycles. The second-order valence-electron chi connectivity index (χ2n) is 7.52. The second-order valence-corrected chi connectivity index (χ2v) is 8.46. The summed E-state index contributed by atoms with van der Waals surface area (Å²) in [4.78, 5) is 20.3. The Hall–Kier alpha value is -2.71. The van der Waals surface area contributed by atoms with Gasteiger partial charge >= 0.3 is 0 Å². The quantitative estimate of drug-likeness (QED) is 0.555. The molecule has 3 heterocycles. The highest BCUT2D eigenvalue weighted by molar-refractivity contribution is 7.13. The number of carbonyl (C=O) groups is 1. The third-order valence-corrected chi connectivity index (χ3v) is 6.00. The zero-order chi connectivity index (χ0) is 20.8. The smallest absolute Gasteiger partial charge is 0.241 e. The summed E-state index contributed by atoms with van der Waals surface area (Å²) in [6, 6.07) is 11.8. The lowest BCUT2D eigenvalue weighted by molar-refractivity contribution is -0.126. The van der Waals surface area contributed by atoms with Gasteiger partial charge in [-0.15, -0.1) is 11.3 Å². The molecule has 0 spiro atoms. The molecule has 8 heteroatoms. The lowest BCUT2D eigenvalue weighted by Crippen LogP contribution is -2.43. The fourth-order valence-corrected chi connectivity index (χ4v) is 4.20. The topological polar surface area (TPSA) is 80.5 Å². The third kappa shape index (κ3) is 5.46. The fourth-order valence-electron chi connectivity index (χ4n) is 3.55. The van der Waals surface area contributed by atoms with Crippen LogP contribution >= 0.6 is 11.3 Å². The highest BCUT2D eigenvalue weighted by atomic mass is 32.1. The van der Waals surface area contributed by atoms with E-state index >= 15 is 0 Å². The standard InChI is InChI=1S/C22H26N4O3S/c1-16-6-8-18(9-7-16)28-12-10-23-22(27)17-4-2-11-26(14-17)15-20-24-21(25-29-20)19-5-3-13-30-19/h3,5-9,13,17H,2,4,10-12,14-15H2,1H3,(H,23,27). The van der Waals surface area contributed by atoms with Gasteiger partial charge in [-0.1, -0.05) is 28.9 Å². The number of likely N-dealkylation sites (tertiary alicyclic amines) is 1. The van der Waals surface area contributed by atoms with Crippen molar-refractivity contribution in [1.29, 1.82) is 0 Å². The Bertz CT molecular complexity index is 940. The molecule has 0 saturated carbocycles. The number of thiophene rings is 1. The number of ether oxygens (including phenoxy) is 1. The minimum Gasteiger partial charge on any atom is -0.492 e. The highest BCUT2D eigenvalue weighted by Gasteiger charge is 2.26. The van der Waals surface area contributed by atoms with Crippen LogP contribution in [-0.4, -0.2) is 47.2 Å². The van der Waals surface area contributed by atoms with E-state index in [1.165, 1.54) is 5.56 Å². The minimum absolute atomic E-state index is 0.0298. The molecule has 4 rings (SSSR count). The number of amides is 1. The van der Waals surface area contributed by atoms with E-state index in [0.29, 0.717) is 38.0 Å². The van der Waals surface area contributed by atoms with Crippen LogP contribution in [0.25, 0.3) is 10.7 Å². The number of piperidine rings is 1. The van der Waals surface area contributed by atoms with Gasteiger partial charge in [0.1, 0.15) is 12.4 Å².